The molecule has 0 saturated heterocycles. The number of hydrogen-bond acceptors (Lipinski definition) is 3. The van der Waals surface area contributed by atoms with Crippen LogP contribution < -0.4 is 0 Å². The van der Waals surface area contributed by atoms with Gasteiger partial charge in [-0.15, -0.1) is 0 Å². The maximum Gasteiger partial charge on any atom is 0.307 e. The van der Waals surface area contributed by atoms with Crippen molar-refractivity contribution >= 4 is 18.0 Å². The molecule has 4 nitrogen and oxygen atoms in total. The Labute approximate surface area is 167 Å². The van der Waals surface area contributed by atoms with Crippen LogP contribution in [0.5, 0.6) is 0 Å². The lowest BCUT2D eigenvalue weighted by Crippen LogP contribution is -2.61. The average Bonchev–Trinajstić information content (AvgIpc) is 2.66. The molecule has 4 aliphatic rings. The Balaban J connectivity index is 1.55. The summed E-state index contributed by atoms with van der Waals surface area (Å²) in [5, 5.41) is 0. The molecule has 1 amide bonds. The summed E-state index contributed by atoms with van der Waals surface area (Å²) in [4.78, 5) is 27.1. The van der Waals surface area contributed by atoms with Crippen LogP contribution >= 0.6 is 0 Å². The number of benzene rings is 1. The number of carbonyl (C=O) groups excluding carboxylic acids is 2. The Kier molecular flexibility index (Phi) is 5.31. The normalized spacial score (nSPS) is 30.6. The minimum absolute atomic E-state index is 0.0337. The van der Waals surface area contributed by atoms with E-state index in [2.05, 4.69) is 19.1 Å². The zero-order chi connectivity index (χ0) is 19.7. The molecular weight excluding hydrogens is 350 g/mol. The second kappa shape index (κ2) is 7.73. The van der Waals surface area contributed by atoms with Gasteiger partial charge in [-0.2, -0.15) is 0 Å². The predicted octanol–water partition coefficient (Wildman–Crippen LogP) is 4.37. The van der Waals surface area contributed by atoms with Gasteiger partial charge in [0.1, 0.15) is 0 Å². The van der Waals surface area contributed by atoms with Gasteiger partial charge in [0.25, 0.3) is 0 Å². The van der Waals surface area contributed by atoms with Gasteiger partial charge in [0.05, 0.1) is 13.5 Å². The Hall–Kier alpha value is -2.10. The van der Waals surface area contributed by atoms with Gasteiger partial charge >= 0.3 is 5.97 Å². The average molecular weight is 382 g/mol. The summed E-state index contributed by atoms with van der Waals surface area (Å²) in [6, 6.07) is 8.17. The molecule has 0 radical (unpaired) electrons. The second-order valence-electron chi connectivity index (χ2n) is 9.20. The highest BCUT2D eigenvalue weighted by Gasteiger charge is 2.54. The lowest BCUT2D eigenvalue weighted by molar-refractivity contribution is -0.149. The van der Waals surface area contributed by atoms with Gasteiger partial charge in [-0.3, -0.25) is 9.59 Å². The molecule has 150 valence electrons. The van der Waals surface area contributed by atoms with Crippen LogP contribution in [0.25, 0.3) is 6.08 Å². The maximum atomic E-state index is 13.3. The van der Waals surface area contributed by atoms with Gasteiger partial charge in [-0.25, -0.2) is 0 Å². The van der Waals surface area contributed by atoms with E-state index in [4.69, 9.17) is 4.74 Å². The zero-order valence-corrected chi connectivity index (χ0v) is 17.0. The maximum absolute atomic E-state index is 13.3. The Morgan fingerprint density at radius 2 is 1.64 bits per heavy atom. The summed E-state index contributed by atoms with van der Waals surface area (Å²) in [5.41, 5.74) is 2.17. The molecular formula is C24H31NO3. The quantitative estimate of drug-likeness (QED) is 0.543. The summed E-state index contributed by atoms with van der Waals surface area (Å²) in [6.45, 7) is 2.51. The number of rotatable bonds is 6. The SMILES string of the molecule is COC(=O)CCN(C(=O)/C=C/c1ccc(C)cc1)C12CC3CC(CC(C3)C1)C2. The van der Waals surface area contributed by atoms with Crippen LogP contribution in [-0.4, -0.2) is 36.0 Å². The molecule has 4 fully saturated rings. The highest BCUT2D eigenvalue weighted by atomic mass is 16.5. The summed E-state index contributed by atoms with van der Waals surface area (Å²) in [7, 11) is 1.41. The summed E-state index contributed by atoms with van der Waals surface area (Å²) in [6.07, 6.45) is 11.2. The molecule has 0 aromatic heterocycles. The summed E-state index contributed by atoms with van der Waals surface area (Å²) >= 11 is 0. The Morgan fingerprint density at radius 1 is 1.07 bits per heavy atom. The molecule has 0 spiro atoms. The third kappa shape index (κ3) is 3.87. The first-order chi connectivity index (χ1) is 13.5. The lowest BCUT2D eigenvalue weighted by Gasteiger charge is -2.60. The summed E-state index contributed by atoms with van der Waals surface area (Å²) < 4.78 is 4.84. The third-order valence-electron chi connectivity index (χ3n) is 7.11. The van der Waals surface area contributed by atoms with E-state index in [0.717, 1.165) is 42.6 Å². The van der Waals surface area contributed by atoms with Crippen molar-refractivity contribution in [3.8, 4) is 0 Å². The molecule has 0 heterocycles. The molecule has 4 saturated carbocycles. The Morgan fingerprint density at radius 3 is 2.18 bits per heavy atom. The van der Waals surface area contributed by atoms with E-state index in [1.807, 2.05) is 23.1 Å². The van der Waals surface area contributed by atoms with Crippen molar-refractivity contribution in [2.75, 3.05) is 13.7 Å². The zero-order valence-electron chi connectivity index (χ0n) is 17.0. The van der Waals surface area contributed by atoms with Gasteiger partial charge in [0.2, 0.25) is 5.91 Å². The van der Waals surface area contributed by atoms with E-state index < -0.39 is 0 Å². The minimum atomic E-state index is -0.245. The molecule has 4 heteroatoms. The fourth-order valence-corrected chi connectivity index (χ4v) is 6.22. The number of ether oxygens (including phenoxy) is 1. The number of amides is 1. The van der Waals surface area contributed by atoms with Crippen LogP contribution in [-0.2, 0) is 14.3 Å². The van der Waals surface area contributed by atoms with Crippen LogP contribution in [0.15, 0.2) is 30.3 Å². The lowest BCUT2D eigenvalue weighted by atomic mass is 9.52. The van der Waals surface area contributed by atoms with Crippen molar-refractivity contribution < 1.29 is 14.3 Å². The van der Waals surface area contributed by atoms with Crippen LogP contribution in [0.4, 0.5) is 0 Å². The number of hydrogen-bond donors (Lipinski definition) is 0. The molecule has 0 unspecified atom stereocenters. The van der Waals surface area contributed by atoms with E-state index in [-0.39, 0.29) is 23.8 Å². The van der Waals surface area contributed by atoms with Gasteiger partial charge in [-0.1, -0.05) is 29.8 Å². The standard InChI is InChI=1S/C24H31NO3/c1-17-3-5-18(6-4-17)7-8-22(26)25(10-9-23(27)28-2)24-14-19-11-20(15-24)13-21(12-19)16-24/h3-8,19-21H,9-16H2,1-2H3/b8-7+. The first kappa shape index (κ1) is 19.2. The van der Waals surface area contributed by atoms with Gasteiger partial charge < -0.3 is 9.64 Å². The molecule has 0 N–H and O–H groups in total. The topological polar surface area (TPSA) is 46.6 Å². The van der Waals surface area contributed by atoms with E-state index in [0.29, 0.717) is 6.54 Å². The van der Waals surface area contributed by atoms with Crippen LogP contribution in [0, 0.1) is 24.7 Å². The van der Waals surface area contributed by atoms with Crippen LogP contribution in [0.3, 0.4) is 0 Å². The molecule has 4 aliphatic carbocycles. The highest BCUT2D eigenvalue weighted by Crippen LogP contribution is 2.57. The van der Waals surface area contributed by atoms with Gasteiger partial charge in [0, 0.05) is 18.2 Å². The number of nitrogens with zero attached hydrogens (tertiary/aromatic N) is 1. The molecule has 28 heavy (non-hydrogen) atoms. The van der Waals surface area contributed by atoms with Gasteiger partial charge in [-0.05, 0) is 74.8 Å². The second-order valence-corrected chi connectivity index (χ2v) is 9.20. The van der Waals surface area contributed by atoms with Crippen LogP contribution in [0.1, 0.15) is 56.1 Å². The van der Waals surface area contributed by atoms with E-state index in [9.17, 15) is 9.59 Å². The van der Waals surface area contributed by atoms with Crippen molar-refractivity contribution in [2.45, 2.75) is 57.4 Å². The monoisotopic (exact) mass is 381 g/mol. The van der Waals surface area contributed by atoms with Crippen LogP contribution in [0.2, 0.25) is 0 Å². The van der Waals surface area contributed by atoms with Crippen molar-refractivity contribution in [3.05, 3.63) is 41.5 Å². The number of methoxy groups -OCH3 is 1. The molecule has 5 rings (SSSR count). The first-order valence-electron chi connectivity index (χ1n) is 10.6. The summed E-state index contributed by atoms with van der Waals surface area (Å²) in [5.74, 6) is 2.04. The number of carbonyl (C=O) groups is 2. The third-order valence-corrected chi connectivity index (χ3v) is 7.11. The smallest absolute Gasteiger partial charge is 0.307 e. The molecule has 4 bridgehead atoms. The van der Waals surface area contributed by atoms with Crippen molar-refractivity contribution in [3.63, 3.8) is 0 Å². The fraction of sp³-hybridized carbons (Fsp3) is 0.583. The minimum Gasteiger partial charge on any atom is -0.469 e. The number of esters is 1. The predicted molar refractivity (Wildman–Crippen MR) is 109 cm³/mol. The fourth-order valence-electron chi connectivity index (χ4n) is 6.22. The van der Waals surface area contributed by atoms with E-state index in [1.54, 1.807) is 6.08 Å². The first-order valence-corrected chi connectivity index (χ1v) is 10.6. The van der Waals surface area contributed by atoms with E-state index >= 15 is 0 Å². The van der Waals surface area contributed by atoms with Gasteiger partial charge in [0.15, 0.2) is 0 Å². The van der Waals surface area contributed by atoms with E-state index in [1.165, 1.54) is 31.9 Å². The molecule has 0 aliphatic heterocycles. The van der Waals surface area contributed by atoms with Crippen molar-refractivity contribution in [2.24, 2.45) is 17.8 Å². The highest BCUT2D eigenvalue weighted by molar-refractivity contribution is 5.92. The molecule has 0 atom stereocenters. The molecule has 1 aromatic rings. The largest absolute Gasteiger partial charge is 0.469 e. The number of aryl methyl sites for hydroxylation is 1. The molecule has 1 aromatic carbocycles. The van der Waals surface area contributed by atoms with Crippen molar-refractivity contribution in [1.82, 2.24) is 4.90 Å². The Bertz CT molecular complexity index is 729. The van der Waals surface area contributed by atoms with Crippen molar-refractivity contribution in [1.29, 1.82) is 0 Å².